The Labute approximate surface area is 114 Å². The van der Waals surface area contributed by atoms with Crippen LogP contribution in [0.1, 0.15) is 31.5 Å². The van der Waals surface area contributed by atoms with Crippen molar-refractivity contribution in [3.63, 3.8) is 0 Å². The van der Waals surface area contributed by atoms with Crippen molar-refractivity contribution < 1.29 is 0 Å². The Bertz CT molecular complexity index is 431. The van der Waals surface area contributed by atoms with Crippen molar-refractivity contribution in [2.75, 3.05) is 13.1 Å². The van der Waals surface area contributed by atoms with E-state index in [2.05, 4.69) is 23.7 Å². The summed E-state index contributed by atoms with van der Waals surface area (Å²) in [6, 6.07) is 4.05. The molecule has 1 fully saturated rings. The zero-order valence-electron chi connectivity index (χ0n) is 11.1. The summed E-state index contributed by atoms with van der Waals surface area (Å²) in [7, 11) is 0. The van der Waals surface area contributed by atoms with Gasteiger partial charge in [0.15, 0.2) is 0 Å². The molecule has 4 heteroatoms. The van der Waals surface area contributed by atoms with E-state index in [1.165, 1.54) is 25.1 Å². The molecule has 3 nitrogen and oxygen atoms in total. The first-order valence-corrected chi connectivity index (χ1v) is 6.94. The van der Waals surface area contributed by atoms with Crippen LogP contribution in [0.5, 0.6) is 0 Å². The van der Waals surface area contributed by atoms with E-state index in [0.29, 0.717) is 4.99 Å². The Morgan fingerprint density at radius 3 is 3.00 bits per heavy atom. The van der Waals surface area contributed by atoms with Crippen LogP contribution in [-0.4, -0.2) is 28.0 Å². The molecule has 1 aliphatic heterocycles. The Morgan fingerprint density at radius 1 is 1.61 bits per heavy atom. The average molecular weight is 263 g/mol. The maximum Gasteiger partial charge on any atom is 0.122 e. The van der Waals surface area contributed by atoms with E-state index in [0.717, 1.165) is 24.1 Å². The molecule has 0 saturated carbocycles. The molecule has 2 rings (SSSR count). The monoisotopic (exact) mass is 263 g/mol. The lowest BCUT2D eigenvalue weighted by Crippen LogP contribution is -2.22. The van der Waals surface area contributed by atoms with Gasteiger partial charge >= 0.3 is 0 Å². The highest BCUT2D eigenvalue weighted by atomic mass is 32.1. The van der Waals surface area contributed by atoms with Gasteiger partial charge in [0.2, 0.25) is 0 Å². The predicted molar refractivity (Wildman–Crippen MR) is 78.3 cm³/mol. The summed E-state index contributed by atoms with van der Waals surface area (Å²) < 4.78 is 0. The summed E-state index contributed by atoms with van der Waals surface area (Å²) in [5.41, 5.74) is 7.58. The molecule has 18 heavy (non-hydrogen) atoms. The van der Waals surface area contributed by atoms with Crippen LogP contribution in [0.25, 0.3) is 0 Å². The van der Waals surface area contributed by atoms with Crippen molar-refractivity contribution in [1.29, 1.82) is 0 Å². The second kappa shape index (κ2) is 5.76. The minimum atomic E-state index is 0.373. The lowest BCUT2D eigenvalue weighted by Gasteiger charge is -2.18. The first-order valence-electron chi connectivity index (χ1n) is 6.53. The van der Waals surface area contributed by atoms with Crippen LogP contribution in [0.2, 0.25) is 0 Å². The van der Waals surface area contributed by atoms with Crippen LogP contribution < -0.4 is 5.73 Å². The van der Waals surface area contributed by atoms with Crippen LogP contribution >= 0.6 is 12.2 Å². The van der Waals surface area contributed by atoms with Crippen molar-refractivity contribution in [3.05, 3.63) is 29.6 Å². The van der Waals surface area contributed by atoms with Crippen molar-refractivity contribution in [1.82, 2.24) is 9.88 Å². The fourth-order valence-electron chi connectivity index (χ4n) is 2.52. The summed E-state index contributed by atoms with van der Waals surface area (Å²) in [5, 5.41) is 0. The van der Waals surface area contributed by atoms with Crippen molar-refractivity contribution in [3.8, 4) is 0 Å². The van der Waals surface area contributed by atoms with E-state index in [1.54, 1.807) is 6.20 Å². The maximum absolute atomic E-state index is 5.61. The summed E-state index contributed by atoms with van der Waals surface area (Å²) in [4.78, 5) is 7.05. The number of thiocarbonyl (C=S) groups is 1. The molecule has 1 saturated heterocycles. The van der Waals surface area contributed by atoms with Gasteiger partial charge in [-0.05, 0) is 42.5 Å². The molecule has 0 radical (unpaired) electrons. The summed E-state index contributed by atoms with van der Waals surface area (Å²) in [6.45, 7) is 7.98. The first kappa shape index (κ1) is 13.4. The van der Waals surface area contributed by atoms with Crippen molar-refractivity contribution in [2.45, 2.75) is 26.8 Å². The highest BCUT2D eigenvalue weighted by molar-refractivity contribution is 7.80. The highest BCUT2D eigenvalue weighted by Gasteiger charge is 2.24. The average Bonchev–Trinajstić information content (AvgIpc) is 2.78. The van der Waals surface area contributed by atoms with E-state index >= 15 is 0 Å². The molecule has 0 bridgehead atoms. The van der Waals surface area contributed by atoms with Gasteiger partial charge in [-0.25, -0.2) is 0 Å². The van der Waals surface area contributed by atoms with Crippen LogP contribution in [0.4, 0.5) is 0 Å². The lowest BCUT2D eigenvalue weighted by molar-refractivity contribution is 0.297. The molecule has 1 unspecified atom stereocenters. The number of hydrogen-bond acceptors (Lipinski definition) is 3. The Hall–Kier alpha value is -1.00. The number of nitrogens with two attached hydrogens (primary N) is 1. The SMILES string of the molecule is CC(C)C1CCN(Cc2ccnc(C(N)=S)c2)C1. The molecule has 98 valence electrons. The van der Waals surface area contributed by atoms with Gasteiger partial charge < -0.3 is 5.73 Å². The summed E-state index contributed by atoms with van der Waals surface area (Å²) in [6.07, 6.45) is 3.10. The number of likely N-dealkylation sites (tertiary alicyclic amines) is 1. The van der Waals surface area contributed by atoms with Gasteiger partial charge in [-0.15, -0.1) is 0 Å². The molecular formula is C14H21N3S. The zero-order valence-corrected chi connectivity index (χ0v) is 11.9. The molecule has 0 spiro atoms. The normalized spacial score (nSPS) is 20.5. The van der Waals surface area contributed by atoms with Crippen LogP contribution in [0, 0.1) is 11.8 Å². The van der Waals surface area contributed by atoms with E-state index in [9.17, 15) is 0 Å². The van der Waals surface area contributed by atoms with Gasteiger partial charge in [-0.1, -0.05) is 26.1 Å². The van der Waals surface area contributed by atoms with E-state index in [1.807, 2.05) is 12.1 Å². The third kappa shape index (κ3) is 3.27. The topological polar surface area (TPSA) is 42.2 Å². The minimum Gasteiger partial charge on any atom is -0.388 e. The van der Waals surface area contributed by atoms with Gasteiger partial charge in [0.1, 0.15) is 4.99 Å². The molecule has 0 aliphatic carbocycles. The van der Waals surface area contributed by atoms with E-state index in [-0.39, 0.29) is 0 Å². The predicted octanol–water partition coefficient (Wildman–Crippen LogP) is 2.19. The Kier molecular flexibility index (Phi) is 4.30. The second-order valence-corrected chi connectivity index (χ2v) is 5.88. The largest absolute Gasteiger partial charge is 0.388 e. The van der Waals surface area contributed by atoms with E-state index < -0.39 is 0 Å². The molecule has 1 aromatic rings. The molecule has 2 heterocycles. The number of nitrogens with zero attached hydrogens (tertiary/aromatic N) is 2. The van der Waals surface area contributed by atoms with E-state index in [4.69, 9.17) is 18.0 Å². The summed E-state index contributed by atoms with van der Waals surface area (Å²) >= 11 is 4.96. The third-order valence-corrected chi connectivity index (χ3v) is 3.94. The van der Waals surface area contributed by atoms with Gasteiger partial charge in [0.25, 0.3) is 0 Å². The fraction of sp³-hybridized carbons (Fsp3) is 0.571. The molecule has 0 aromatic carbocycles. The standard InChI is InChI=1S/C14H21N3S/c1-10(2)12-4-6-17(9-12)8-11-3-5-16-13(7-11)14(15)18/h3,5,7,10,12H,4,6,8-9H2,1-2H3,(H2,15,18). The smallest absolute Gasteiger partial charge is 0.122 e. The molecule has 2 N–H and O–H groups in total. The van der Waals surface area contributed by atoms with Crippen molar-refractivity contribution >= 4 is 17.2 Å². The number of aromatic nitrogens is 1. The zero-order chi connectivity index (χ0) is 13.1. The molecule has 1 aromatic heterocycles. The van der Waals surface area contributed by atoms with Crippen LogP contribution in [-0.2, 0) is 6.54 Å². The minimum absolute atomic E-state index is 0.373. The van der Waals surface area contributed by atoms with Crippen LogP contribution in [0.15, 0.2) is 18.3 Å². The van der Waals surface area contributed by atoms with Gasteiger partial charge in [0.05, 0.1) is 5.69 Å². The molecule has 0 amide bonds. The highest BCUT2D eigenvalue weighted by Crippen LogP contribution is 2.24. The lowest BCUT2D eigenvalue weighted by atomic mass is 9.95. The number of rotatable bonds is 4. The maximum atomic E-state index is 5.61. The fourth-order valence-corrected chi connectivity index (χ4v) is 2.63. The molecule has 1 atom stereocenters. The molecule has 1 aliphatic rings. The Morgan fingerprint density at radius 2 is 2.39 bits per heavy atom. The van der Waals surface area contributed by atoms with Crippen LogP contribution in [0.3, 0.4) is 0 Å². The Balaban J connectivity index is 1.98. The first-order chi connectivity index (χ1) is 8.56. The summed E-state index contributed by atoms with van der Waals surface area (Å²) in [5.74, 6) is 1.61. The van der Waals surface area contributed by atoms with Gasteiger partial charge in [-0.3, -0.25) is 9.88 Å². The number of pyridine rings is 1. The van der Waals surface area contributed by atoms with Gasteiger partial charge in [0, 0.05) is 19.3 Å². The van der Waals surface area contributed by atoms with Gasteiger partial charge in [-0.2, -0.15) is 0 Å². The molecular weight excluding hydrogens is 242 g/mol. The van der Waals surface area contributed by atoms with Crippen molar-refractivity contribution in [2.24, 2.45) is 17.6 Å². The third-order valence-electron chi connectivity index (χ3n) is 3.73. The quantitative estimate of drug-likeness (QED) is 0.846. The number of hydrogen-bond donors (Lipinski definition) is 1. The second-order valence-electron chi connectivity index (χ2n) is 5.44.